The van der Waals surface area contributed by atoms with Gasteiger partial charge in [-0.2, -0.15) is 0 Å². The van der Waals surface area contributed by atoms with E-state index in [1.54, 1.807) is 17.7 Å². The maximum absolute atomic E-state index is 13.2. The summed E-state index contributed by atoms with van der Waals surface area (Å²) in [6, 6.07) is 9.25. The Labute approximate surface area is 154 Å². The number of piperidine rings is 1. The van der Waals surface area contributed by atoms with E-state index in [1.165, 1.54) is 6.42 Å². The van der Waals surface area contributed by atoms with Crippen molar-refractivity contribution < 1.29 is 9.84 Å². The van der Waals surface area contributed by atoms with Gasteiger partial charge in [-0.3, -0.25) is 9.69 Å². The molecule has 1 N–H and O–H groups in total. The van der Waals surface area contributed by atoms with Gasteiger partial charge >= 0.3 is 0 Å². The highest BCUT2D eigenvalue weighted by Crippen LogP contribution is 2.35. The van der Waals surface area contributed by atoms with Gasteiger partial charge in [0.25, 0.3) is 5.56 Å². The summed E-state index contributed by atoms with van der Waals surface area (Å²) in [7, 11) is 1.64. The third-order valence-electron chi connectivity index (χ3n) is 5.28. The lowest BCUT2D eigenvalue weighted by atomic mass is 9.94. The quantitative estimate of drug-likeness (QED) is 0.891. The summed E-state index contributed by atoms with van der Waals surface area (Å²) in [5.41, 5.74) is 2.11. The van der Waals surface area contributed by atoms with E-state index in [1.807, 2.05) is 38.1 Å². The molecule has 26 heavy (non-hydrogen) atoms. The predicted octanol–water partition coefficient (Wildman–Crippen LogP) is 3.47. The highest BCUT2D eigenvalue weighted by Gasteiger charge is 2.30. The fourth-order valence-corrected chi connectivity index (χ4v) is 3.97. The molecule has 140 valence electrons. The van der Waals surface area contributed by atoms with E-state index in [4.69, 9.17) is 4.74 Å². The summed E-state index contributed by atoms with van der Waals surface area (Å²) >= 11 is 0. The first-order valence-corrected chi connectivity index (χ1v) is 9.38. The summed E-state index contributed by atoms with van der Waals surface area (Å²) in [6.07, 6.45) is 3.42. The van der Waals surface area contributed by atoms with Gasteiger partial charge < -0.3 is 14.4 Å². The molecule has 1 atom stereocenters. The normalized spacial score (nSPS) is 16.4. The van der Waals surface area contributed by atoms with E-state index in [2.05, 4.69) is 4.90 Å². The maximum atomic E-state index is 13.2. The van der Waals surface area contributed by atoms with E-state index < -0.39 is 0 Å². The summed E-state index contributed by atoms with van der Waals surface area (Å²) in [6.45, 7) is 6.23. The number of hydrogen-bond donors (Lipinski definition) is 1. The maximum Gasteiger partial charge on any atom is 0.259 e. The van der Waals surface area contributed by atoms with E-state index in [0.717, 1.165) is 42.9 Å². The lowest BCUT2D eigenvalue weighted by Crippen LogP contribution is -2.38. The van der Waals surface area contributed by atoms with E-state index >= 15 is 0 Å². The zero-order valence-electron chi connectivity index (χ0n) is 15.9. The van der Waals surface area contributed by atoms with Crippen LogP contribution in [0, 0.1) is 6.92 Å². The molecule has 0 aliphatic carbocycles. The molecular weight excluding hydrogens is 328 g/mol. The molecule has 2 aromatic rings. The van der Waals surface area contributed by atoms with Gasteiger partial charge in [-0.15, -0.1) is 0 Å². The van der Waals surface area contributed by atoms with Gasteiger partial charge in [-0.05, 0) is 63.5 Å². The van der Waals surface area contributed by atoms with Crippen LogP contribution in [-0.2, 0) is 6.54 Å². The van der Waals surface area contributed by atoms with Gasteiger partial charge in [-0.1, -0.05) is 18.6 Å². The number of aromatic hydroxyl groups is 1. The minimum Gasteiger partial charge on any atom is -0.507 e. The Kier molecular flexibility index (Phi) is 5.67. The first-order chi connectivity index (χ1) is 12.6. The molecular formula is C21H28N2O3. The Morgan fingerprint density at radius 3 is 2.58 bits per heavy atom. The molecule has 0 bridgehead atoms. The molecule has 0 unspecified atom stereocenters. The Hall–Kier alpha value is -2.27. The first kappa shape index (κ1) is 18.5. The molecule has 1 aromatic carbocycles. The van der Waals surface area contributed by atoms with Crippen molar-refractivity contribution in [1.82, 2.24) is 9.47 Å². The van der Waals surface area contributed by atoms with Crippen molar-refractivity contribution in [1.29, 1.82) is 0 Å². The highest BCUT2D eigenvalue weighted by atomic mass is 16.5. The van der Waals surface area contributed by atoms with Crippen LogP contribution in [0.2, 0.25) is 0 Å². The molecule has 1 fully saturated rings. The van der Waals surface area contributed by atoms with Crippen LogP contribution >= 0.6 is 0 Å². The van der Waals surface area contributed by atoms with Crippen LogP contribution in [0.5, 0.6) is 11.5 Å². The molecule has 0 saturated carbocycles. The molecule has 1 aliphatic rings. The van der Waals surface area contributed by atoms with Gasteiger partial charge in [0.2, 0.25) is 0 Å². The second-order valence-electron chi connectivity index (χ2n) is 6.91. The summed E-state index contributed by atoms with van der Waals surface area (Å²) in [5.74, 6) is 0.836. The van der Waals surface area contributed by atoms with Crippen molar-refractivity contribution in [2.24, 2.45) is 0 Å². The van der Waals surface area contributed by atoms with Crippen LogP contribution in [0.4, 0.5) is 0 Å². The van der Waals surface area contributed by atoms with Crippen LogP contribution in [0.25, 0.3) is 0 Å². The standard InChI is InChI=1S/C21H28N2O3/c1-4-23-15(2)13-18(24)19(21(23)25)20(22-11-6-5-7-12-22)16-9-8-10-17(14-16)26-3/h8-10,13-14,20,24H,4-7,11-12H2,1-3H3/t20-/m0/s1. The van der Waals surface area contributed by atoms with Gasteiger partial charge in [-0.25, -0.2) is 0 Å². The Balaban J connectivity index is 2.19. The topological polar surface area (TPSA) is 54.7 Å². The molecule has 5 heteroatoms. The van der Waals surface area contributed by atoms with Crippen molar-refractivity contribution >= 4 is 0 Å². The summed E-state index contributed by atoms with van der Waals surface area (Å²) < 4.78 is 7.12. The first-order valence-electron chi connectivity index (χ1n) is 9.38. The van der Waals surface area contributed by atoms with Crippen LogP contribution in [0.3, 0.4) is 0 Å². The van der Waals surface area contributed by atoms with Crippen molar-refractivity contribution in [2.75, 3.05) is 20.2 Å². The van der Waals surface area contributed by atoms with Crippen LogP contribution < -0.4 is 10.3 Å². The van der Waals surface area contributed by atoms with Crippen molar-refractivity contribution in [3.63, 3.8) is 0 Å². The highest BCUT2D eigenvalue weighted by molar-refractivity contribution is 5.43. The zero-order chi connectivity index (χ0) is 18.7. The number of nitrogens with zero attached hydrogens (tertiary/aromatic N) is 2. The van der Waals surface area contributed by atoms with Crippen LogP contribution in [-0.4, -0.2) is 34.8 Å². The second kappa shape index (κ2) is 7.96. The third kappa shape index (κ3) is 3.49. The lowest BCUT2D eigenvalue weighted by molar-refractivity contribution is 0.183. The van der Waals surface area contributed by atoms with Crippen molar-refractivity contribution in [2.45, 2.75) is 45.7 Å². The van der Waals surface area contributed by atoms with Crippen LogP contribution in [0.15, 0.2) is 35.1 Å². The molecule has 2 heterocycles. The van der Waals surface area contributed by atoms with Crippen LogP contribution in [0.1, 0.15) is 49.0 Å². The van der Waals surface area contributed by atoms with Crippen molar-refractivity contribution in [3.05, 3.63) is 57.5 Å². The monoisotopic (exact) mass is 356 g/mol. The summed E-state index contributed by atoms with van der Waals surface area (Å²) in [5, 5.41) is 10.7. The number of aryl methyl sites for hydroxylation is 1. The average Bonchev–Trinajstić information content (AvgIpc) is 2.66. The largest absolute Gasteiger partial charge is 0.507 e. The minimum absolute atomic E-state index is 0.0793. The van der Waals surface area contributed by atoms with E-state index in [9.17, 15) is 9.90 Å². The fraction of sp³-hybridized carbons (Fsp3) is 0.476. The lowest BCUT2D eigenvalue weighted by Gasteiger charge is -2.35. The zero-order valence-corrected chi connectivity index (χ0v) is 15.9. The number of ether oxygens (including phenoxy) is 1. The molecule has 1 saturated heterocycles. The Morgan fingerprint density at radius 2 is 1.92 bits per heavy atom. The molecule has 1 aromatic heterocycles. The second-order valence-corrected chi connectivity index (χ2v) is 6.91. The fourth-order valence-electron chi connectivity index (χ4n) is 3.97. The van der Waals surface area contributed by atoms with Gasteiger partial charge in [0.1, 0.15) is 11.5 Å². The molecule has 1 aliphatic heterocycles. The molecule has 0 amide bonds. The van der Waals surface area contributed by atoms with Crippen molar-refractivity contribution in [3.8, 4) is 11.5 Å². The molecule has 0 radical (unpaired) electrons. The number of methoxy groups -OCH3 is 1. The van der Waals surface area contributed by atoms with Gasteiger partial charge in [0, 0.05) is 12.2 Å². The Bertz CT molecular complexity index is 822. The number of pyridine rings is 1. The smallest absolute Gasteiger partial charge is 0.259 e. The summed E-state index contributed by atoms with van der Waals surface area (Å²) in [4.78, 5) is 15.5. The molecule has 5 nitrogen and oxygen atoms in total. The molecule has 3 rings (SSSR count). The van der Waals surface area contributed by atoms with Gasteiger partial charge in [0.15, 0.2) is 0 Å². The minimum atomic E-state index is -0.267. The number of benzene rings is 1. The number of likely N-dealkylation sites (tertiary alicyclic amines) is 1. The number of rotatable bonds is 5. The van der Waals surface area contributed by atoms with E-state index in [-0.39, 0.29) is 17.4 Å². The predicted molar refractivity (Wildman–Crippen MR) is 103 cm³/mol. The van der Waals surface area contributed by atoms with E-state index in [0.29, 0.717) is 12.1 Å². The average molecular weight is 356 g/mol. The molecule has 0 spiro atoms. The SMILES string of the molecule is CCn1c(C)cc(O)c([C@H](c2cccc(OC)c2)N2CCCCC2)c1=O. The number of aromatic nitrogens is 1. The van der Waals surface area contributed by atoms with Gasteiger partial charge in [0.05, 0.1) is 18.7 Å². The third-order valence-corrected chi connectivity index (χ3v) is 5.28. The number of hydrogen-bond acceptors (Lipinski definition) is 4. The Morgan fingerprint density at radius 1 is 1.19 bits per heavy atom.